The molecule has 4 aromatic rings. The predicted molar refractivity (Wildman–Crippen MR) is 103 cm³/mol. The van der Waals surface area contributed by atoms with Gasteiger partial charge in [0, 0.05) is 29.4 Å². The lowest BCUT2D eigenvalue weighted by Crippen LogP contribution is -2.08. The van der Waals surface area contributed by atoms with E-state index in [1.165, 1.54) is 18.2 Å². The van der Waals surface area contributed by atoms with Crippen LogP contribution in [0.5, 0.6) is 0 Å². The number of carbonyl (C=O) groups excluding carboxylic acids is 1. The van der Waals surface area contributed by atoms with E-state index in [0.29, 0.717) is 5.69 Å². The Bertz CT molecular complexity index is 1070. The Hall–Kier alpha value is -3.25. The molecule has 0 spiro atoms. The van der Waals surface area contributed by atoms with E-state index in [1.54, 1.807) is 29.5 Å². The average molecular weight is 363 g/mol. The smallest absolute Gasteiger partial charge is 0.248 e. The molecule has 0 fully saturated rings. The summed E-state index contributed by atoms with van der Waals surface area (Å²) in [6.45, 7) is 0. The number of carbonyl (C=O) groups is 1. The molecule has 2 aromatic carbocycles. The van der Waals surface area contributed by atoms with Crippen molar-refractivity contribution in [3.63, 3.8) is 0 Å². The molecular formula is C20H14FN3OS. The Labute approximate surface area is 153 Å². The number of amides is 1. The first-order valence-electron chi connectivity index (χ1n) is 7.95. The summed E-state index contributed by atoms with van der Waals surface area (Å²) in [6, 6.07) is 13.5. The van der Waals surface area contributed by atoms with E-state index in [9.17, 15) is 9.18 Å². The molecule has 2 heterocycles. The van der Waals surface area contributed by atoms with Gasteiger partial charge in [-0.25, -0.2) is 9.37 Å². The van der Waals surface area contributed by atoms with Crippen molar-refractivity contribution in [2.24, 2.45) is 0 Å². The number of imidazole rings is 1. The summed E-state index contributed by atoms with van der Waals surface area (Å²) in [5.41, 5.74) is 3.10. The van der Waals surface area contributed by atoms with Gasteiger partial charge >= 0.3 is 0 Å². The third-order valence-corrected chi connectivity index (χ3v) is 4.62. The van der Waals surface area contributed by atoms with E-state index in [1.807, 2.05) is 46.4 Å². The summed E-state index contributed by atoms with van der Waals surface area (Å²) in [7, 11) is 0. The number of para-hydroxylation sites is 1. The van der Waals surface area contributed by atoms with Gasteiger partial charge in [-0.15, -0.1) is 11.3 Å². The van der Waals surface area contributed by atoms with Crippen LogP contribution >= 0.6 is 11.3 Å². The molecule has 0 aliphatic carbocycles. The molecule has 128 valence electrons. The van der Waals surface area contributed by atoms with Crippen molar-refractivity contribution >= 4 is 34.0 Å². The highest BCUT2D eigenvalue weighted by atomic mass is 32.1. The van der Waals surface area contributed by atoms with E-state index in [-0.39, 0.29) is 11.7 Å². The first-order valence-corrected chi connectivity index (χ1v) is 8.83. The van der Waals surface area contributed by atoms with Crippen LogP contribution in [0.2, 0.25) is 0 Å². The number of anilines is 1. The van der Waals surface area contributed by atoms with Gasteiger partial charge in [0.1, 0.15) is 5.82 Å². The number of rotatable bonds is 4. The highest BCUT2D eigenvalue weighted by Gasteiger charge is 2.10. The number of fused-ring (bicyclic) bond motifs is 1. The van der Waals surface area contributed by atoms with E-state index in [0.717, 1.165) is 21.8 Å². The van der Waals surface area contributed by atoms with Gasteiger partial charge < -0.3 is 5.32 Å². The van der Waals surface area contributed by atoms with Crippen LogP contribution < -0.4 is 5.32 Å². The number of thiazole rings is 1. The first kappa shape index (κ1) is 16.2. The molecule has 0 aliphatic rings. The average Bonchev–Trinajstić information content (AvgIpc) is 3.24. The fourth-order valence-electron chi connectivity index (χ4n) is 2.59. The minimum atomic E-state index is -0.305. The largest absolute Gasteiger partial charge is 0.322 e. The fraction of sp³-hybridized carbons (Fsp3) is 0. The van der Waals surface area contributed by atoms with Crippen LogP contribution in [-0.2, 0) is 4.79 Å². The second-order valence-corrected chi connectivity index (χ2v) is 6.51. The molecular weight excluding hydrogens is 349 g/mol. The predicted octanol–water partition coefficient (Wildman–Crippen LogP) is 4.85. The van der Waals surface area contributed by atoms with Crippen LogP contribution in [0.25, 0.3) is 22.3 Å². The van der Waals surface area contributed by atoms with Gasteiger partial charge in [0.2, 0.25) is 5.91 Å². The van der Waals surface area contributed by atoms with Gasteiger partial charge in [0.05, 0.1) is 11.4 Å². The van der Waals surface area contributed by atoms with Gasteiger partial charge in [-0.3, -0.25) is 9.20 Å². The third kappa shape index (κ3) is 3.41. The molecule has 0 radical (unpaired) electrons. The maximum atomic E-state index is 12.9. The molecule has 26 heavy (non-hydrogen) atoms. The first-order chi connectivity index (χ1) is 12.7. The Morgan fingerprint density at radius 3 is 2.77 bits per heavy atom. The molecule has 0 saturated heterocycles. The zero-order valence-corrected chi connectivity index (χ0v) is 14.4. The summed E-state index contributed by atoms with van der Waals surface area (Å²) in [5, 5.41) is 4.85. The minimum Gasteiger partial charge on any atom is -0.322 e. The van der Waals surface area contributed by atoms with E-state index in [2.05, 4.69) is 10.3 Å². The molecule has 4 nitrogen and oxygen atoms in total. The highest BCUT2D eigenvalue weighted by Crippen LogP contribution is 2.28. The number of benzene rings is 2. The lowest BCUT2D eigenvalue weighted by molar-refractivity contribution is -0.111. The number of aromatic nitrogens is 2. The fourth-order valence-corrected chi connectivity index (χ4v) is 3.29. The Balaban J connectivity index is 1.55. The van der Waals surface area contributed by atoms with Crippen LogP contribution in [0.1, 0.15) is 5.56 Å². The molecule has 1 amide bonds. The van der Waals surface area contributed by atoms with Gasteiger partial charge in [-0.05, 0) is 29.8 Å². The molecule has 1 N–H and O–H groups in total. The molecule has 6 heteroatoms. The maximum Gasteiger partial charge on any atom is 0.248 e. The molecule has 0 bridgehead atoms. The van der Waals surface area contributed by atoms with E-state index >= 15 is 0 Å². The minimum absolute atomic E-state index is 0.261. The molecule has 2 aromatic heterocycles. The van der Waals surface area contributed by atoms with E-state index in [4.69, 9.17) is 0 Å². The molecule has 0 saturated carbocycles. The quantitative estimate of drug-likeness (QED) is 0.527. The van der Waals surface area contributed by atoms with Crippen LogP contribution in [0.3, 0.4) is 0 Å². The number of halogens is 1. The van der Waals surface area contributed by atoms with Crippen LogP contribution in [-0.4, -0.2) is 15.3 Å². The summed E-state index contributed by atoms with van der Waals surface area (Å²) >= 11 is 1.56. The zero-order chi connectivity index (χ0) is 17.9. The van der Waals surface area contributed by atoms with Crippen molar-refractivity contribution in [3.8, 4) is 11.3 Å². The number of nitrogens with one attached hydrogen (secondary N) is 1. The van der Waals surface area contributed by atoms with E-state index < -0.39 is 0 Å². The van der Waals surface area contributed by atoms with Crippen molar-refractivity contribution in [2.75, 3.05) is 5.32 Å². The third-order valence-electron chi connectivity index (χ3n) is 3.85. The SMILES string of the molecule is O=C(/C=C/c1ccc(F)cc1)Nc1ccccc1-c1cn2ccsc2n1. The number of hydrogen-bond donors (Lipinski definition) is 1. The van der Waals surface area contributed by atoms with Crippen molar-refractivity contribution in [3.05, 3.63) is 83.8 Å². The second-order valence-electron chi connectivity index (χ2n) is 5.64. The van der Waals surface area contributed by atoms with Crippen LogP contribution in [0.15, 0.2) is 72.4 Å². The summed E-state index contributed by atoms with van der Waals surface area (Å²) in [4.78, 5) is 17.8. The topological polar surface area (TPSA) is 46.4 Å². The maximum absolute atomic E-state index is 12.9. The van der Waals surface area contributed by atoms with Gasteiger partial charge in [0.15, 0.2) is 4.96 Å². The van der Waals surface area contributed by atoms with Crippen molar-refractivity contribution in [1.29, 1.82) is 0 Å². The lowest BCUT2D eigenvalue weighted by Gasteiger charge is -2.07. The zero-order valence-electron chi connectivity index (χ0n) is 13.6. The highest BCUT2D eigenvalue weighted by molar-refractivity contribution is 7.15. The monoisotopic (exact) mass is 363 g/mol. The summed E-state index contributed by atoms with van der Waals surface area (Å²) in [6.07, 6.45) is 6.95. The Kier molecular flexibility index (Phi) is 4.33. The van der Waals surface area contributed by atoms with Crippen molar-refractivity contribution in [1.82, 2.24) is 9.38 Å². The normalized spacial score (nSPS) is 11.3. The number of nitrogens with zero attached hydrogens (tertiary/aromatic N) is 2. The summed E-state index contributed by atoms with van der Waals surface area (Å²) in [5.74, 6) is -0.566. The van der Waals surface area contributed by atoms with Gasteiger partial charge in [-0.2, -0.15) is 0 Å². The van der Waals surface area contributed by atoms with Crippen molar-refractivity contribution < 1.29 is 9.18 Å². The Morgan fingerprint density at radius 2 is 1.96 bits per heavy atom. The van der Waals surface area contributed by atoms with Gasteiger partial charge in [0.25, 0.3) is 0 Å². The molecule has 0 unspecified atom stereocenters. The number of hydrogen-bond acceptors (Lipinski definition) is 3. The summed E-state index contributed by atoms with van der Waals surface area (Å²) < 4.78 is 14.9. The van der Waals surface area contributed by atoms with Crippen LogP contribution in [0, 0.1) is 5.82 Å². The standard InChI is InChI=1S/C20H14FN3OS/c21-15-8-5-14(6-9-15)7-10-19(25)22-17-4-2-1-3-16(17)18-13-24-11-12-26-20(24)23-18/h1-13H,(H,22,25)/b10-7+. The van der Waals surface area contributed by atoms with Crippen LogP contribution in [0.4, 0.5) is 10.1 Å². The van der Waals surface area contributed by atoms with Gasteiger partial charge in [-0.1, -0.05) is 30.3 Å². The molecule has 4 rings (SSSR count). The Morgan fingerprint density at radius 1 is 1.15 bits per heavy atom. The van der Waals surface area contributed by atoms with Crippen molar-refractivity contribution in [2.45, 2.75) is 0 Å². The second kappa shape index (κ2) is 6.93. The lowest BCUT2D eigenvalue weighted by atomic mass is 10.1. The molecule has 0 aliphatic heterocycles. The molecule has 0 atom stereocenters.